The molecule has 1 heteroatoms. The van der Waals surface area contributed by atoms with Crippen molar-refractivity contribution < 1.29 is 0 Å². The van der Waals surface area contributed by atoms with Crippen LogP contribution in [0.15, 0.2) is 48.5 Å². The van der Waals surface area contributed by atoms with E-state index in [1.165, 1.54) is 22.3 Å². The number of nitriles is 1. The van der Waals surface area contributed by atoms with Gasteiger partial charge in [-0.25, -0.2) is 0 Å². The molecule has 0 spiro atoms. The molecule has 2 aromatic carbocycles. The summed E-state index contributed by atoms with van der Waals surface area (Å²) in [7, 11) is 0. The number of hydrogen-bond donors (Lipinski definition) is 0. The highest BCUT2D eigenvalue weighted by atomic mass is 14.4. The Bertz CT molecular complexity index is 665. The smallest absolute Gasteiger partial charge is 0.0686 e. The lowest BCUT2D eigenvalue weighted by molar-refractivity contribution is 0.270. The van der Waals surface area contributed by atoms with Gasteiger partial charge in [-0.3, -0.25) is 0 Å². The SMILES string of the molecule is C.Cc1ccc(-c2ccc(C3CCC(C)(C#N)CC3)cc2)cc1. The van der Waals surface area contributed by atoms with Crippen LogP contribution >= 0.6 is 0 Å². The monoisotopic (exact) mass is 305 g/mol. The standard InChI is InChI=1S/C21H23N.CH4/c1-16-3-5-17(6-4-16)18-7-9-19(10-8-18)20-11-13-21(2,15-22)14-12-20;/h3-10,20H,11-14H2,1-2H3;1H4. The highest BCUT2D eigenvalue weighted by molar-refractivity contribution is 5.64. The fourth-order valence-electron chi connectivity index (χ4n) is 3.39. The lowest BCUT2D eigenvalue weighted by Crippen LogP contribution is -2.21. The van der Waals surface area contributed by atoms with Crippen molar-refractivity contribution in [3.05, 3.63) is 59.7 Å². The molecule has 0 unspecified atom stereocenters. The van der Waals surface area contributed by atoms with Crippen LogP contribution in [0, 0.1) is 23.7 Å². The largest absolute Gasteiger partial charge is 0.198 e. The normalized spacial score (nSPS) is 23.6. The van der Waals surface area contributed by atoms with Crippen molar-refractivity contribution in [1.29, 1.82) is 5.26 Å². The fraction of sp³-hybridized carbons (Fsp3) is 0.409. The van der Waals surface area contributed by atoms with Crippen LogP contribution in [0.1, 0.15) is 57.1 Å². The van der Waals surface area contributed by atoms with Crippen molar-refractivity contribution in [2.75, 3.05) is 0 Å². The van der Waals surface area contributed by atoms with Crippen LogP contribution in [0.5, 0.6) is 0 Å². The zero-order chi connectivity index (χ0) is 15.6. The molecule has 3 rings (SSSR count). The fourth-order valence-corrected chi connectivity index (χ4v) is 3.39. The second kappa shape index (κ2) is 7.01. The summed E-state index contributed by atoms with van der Waals surface area (Å²) >= 11 is 0. The molecular formula is C22H27N. The Morgan fingerprint density at radius 2 is 1.39 bits per heavy atom. The highest BCUT2D eigenvalue weighted by Gasteiger charge is 2.31. The Labute approximate surface area is 141 Å². The maximum Gasteiger partial charge on any atom is 0.0686 e. The van der Waals surface area contributed by atoms with Gasteiger partial charge in [0.15, 0.2) is 0 Å². The molecule has 0 saturated heterocycles. The van der Waals surface area contributed by atoms with Gasteiger partial charge >= 0.3 is 0 Å². The van der Waals surface area contributed by atoms with Crippen molar-refractivity contribution in [3.8, 4) is 17.2 Å². The lowest BCUT2D eigenvalue weighted by Gasteiger charge is -2.32. The number of aryl methyl sites for hydroxylation is 1. The third-order valence-corrected chi connectivity index (χ3v) is 5.13. The molecule has 0 N–H and O–H groups in total. The quantitative estimate of drug-likeness (QED) is 0.622. The Kier molecular flexibility index (Phi) is 5.26. The predicted molar refractivity (Wildman–Crippen MR) is 98.3 cm³/mol. The van der Waals surface area contributed by atoms with Crippen LogP contribution in [0.4, 0.5) is 0 Å². The number of rotatable bonds is 2. The van der Waals surface area contributed by atoms with Gasteiger partial charge < -0.3 is 0 Å². The molecule has 120 valence electrons. The van der Waals surface area contributed by atoms with Gasteiger partial charge in [-0.1, -0.05) is 61.5 Å². The van der Waals surface area contributed by atoms with Gasteiger partial charge in [0.1, 0.15) is 0 Å². The van der Waals surface area contributed by atoms with Crippen LogP contribution in [-0.4, -0.2) is 0 Å². The van der Waals surface area contributed by atoms with E-state index < -0.39 is 0 Å². The first-order valence-electron chi connectivity index (χ1n) is 8.18. The summed E-state index contributed by atoms with van der Waals surface area (Å²) in [5.41, 5.74) is 5.18. The summed E-state index contributed by atoms with van der Waals surface area (Å²) in [4.78, 5) is 0. The second-order valence-electron chi connectivity index (χ2n) is 6.93. The Hall–Kier alpha value is -2.07. The third-order valence-electron chi connectivity index (χ3n) is 5.13. The third kappa shape index (κ3) is 3.82. The van der Waals surface area contributed by atoms with Crippen LogP contribution in [-0.2, 0) is 0 Å². The molecule has 2 aromatic rings. The van der Waals surface area contributed by atoms with E-state index in [1.807, 2.05) is 0 Å². The minimum Gasteiger partial charge on any atom is -0.198 e. The molecule has 1 saturated carbocycles. The summed E-state index contributed by atoms with van der Waals surface area (Å²) in [6, 6.07) is 20.2. The van der Waals surface area contributed by atoms with Crippen LogP contribution in [0.3, 0.4) is 0 Å². The maximum absolute atomic E-state index is 9.24. The van der Waals surface area contributed by atoms with Crippen molar-refractivity contribution in [2.24, 2.45) is 5.41 Å². The minimum atomic E-state index is -0.0989. The zero-order valence-corrected chi connectivity index (χ0v) is 13.5. The molecular weight excluding hydrogens is 278 g/mol. The summed E-state index contributed by atoms with van der Waals surface area (Å²) in [6.07, 6.45) is 4.31. The first-order chi connectivity index (χ1) is 10.6. The van der Waals surface area contributed by atoms with E-state index in [0.29, 0.717) is 5.92 Å². The number of hydrogen-bond acceptors (Lipinski definition) is 1. The summed E-state index contributed by atoms with van der Waals surface area (Å²) in [5.74, 6) is 0.619. The Morgan fingerprint density at radius 3 is 1.87 bits per heavy atom. The van der Waals surface area contributed by atoms with Crippen LogP contribution in [0.2, 0.25) is 0 Å². The van der Waals surface area contributed by atoms with E-state index in [4.69, 9.17) is 0 Å². The molecule has 1 aliphatic rings. The van der Waals surface area contributed by atoms with Crippen molar-refractivity contribution in [2.45, 2.75) is 52.9 Å². The topological polar surface area (TPSA) is 23.8 Å². The average Bonchev–Trinajstić information content (AvgIpc) is 2.57. The van der Waals surface area contributed by atoms with E-state index in [0.717, 1.165) is 25.7 Å². The second-order valence-corrected chi connectivity index (χ2v) is 6.93. The van der Waals surface area contributed by atoms with E-state index >= 15 is 0 Å². The maximum atomic E-state index is 9.24. The Balaban J connectivity index is 0.00000192. The predicted octanol–water partition coefficient (Wildman–Crippen LogP) is 6.49. The lowest BCUT2D eigenvalue weighted by atomic mass is 9.71. The molecule has 0 bridgehead atoms. The summed E-state index contributed by atoms with van der Waals surface area (Å²) < 4.78 is 0. The molecule has 0 amide bonds. The number of nitrogens with zero attached hydrogens (tertiary/aromatic N) is 1. The van der Waals surface area contributed by atoms with Gasteiger partial charge in [0.25, 0.3) is 0 Å². The molecule has 0 atom stereocenters. The molecule has 1 fully saturated rings. The first-order valence-corrected chi connectivity index (χ1v) is 8.18. The van der Waals surface area contributed by atoms with Gasteiger partial charge in [-0.15, -0.1) is 0 Å². The Morgan fingerprint density at radius 1 is 0.913 bits per heavy atom. The van der Waals surface area contributed by atoms with Gasteiger partial charge in [0.2, 0.25) is 0 Å². The van der Waals surface area contributed by atoms with Gasteiger partial charge in [0.05, 0.1) is 11.5 Å². The zero-order valence-electron chi connectivity index (χ0n) is 13.5. The van der Waals surface area contributed by atoms with Crippen LogP contribution < -0.4 is 0 Å². The van der Waals surface area contributed by atoms with Gasteiger partial charge in [-0.05, 0) is 62.1 Å². The van der Waals surface area contributed by atoms with E-state index in [2.05, 4.69) is 68.4 Å². The molecule has 23 heavy (non-hydrogen) atoms. The first kappa shape index (κ1) is 17.3. The van der Waals surface area contributed by atoms with Crippen molar-refractivity contribution >= 4 is 0 Å². The molecule has 0 heterocycles. The number of benzene rings is 2. The van der Waals surface area contributed by atoms with Gasteiger partial charge in [0, 0.05) is 0 Å². The highest BCUT2D eigenvalue weighted by Crippen LogP contribution is 2.42. The van der Waals surface area contributed by atoms with Gasteiger partial charge in [-0.2, -0.15) is 5.26 Å². The van der Waals surface area contributed by atoms with E-state index in [1.54, 1.807) is 0 Å². The minimum absolute atomic E-state index is 0. The molecule has 0 aliphatic heterocycles. The average molecular weight is 305 g/mol. The summed E-state index contributed by atoms with van der Waals surface area (Å²) in [6.45, 7) is 4.22. The molecule has 0 radical (unpaired) electrons. The van der Waals surface area contributed by atoms with E-state index in [9.17, 15) is 5.26 Å². The summed E-state index contributed by atoms with van der Waals surface area (Å²) in [5, 5.41) is 9.24. The molecule has 1 aliphatic carbocycles. The van der Waals surface area contributed by atoms with Crippen molar-refractivity contribution in [3.63, 3.8) is 0 Å². The van der Waals surface area contributed by atoms with Crippen LogP contribution in [0.25, 0.3) is 11.1 Å². The molecule has 0 aromatic heterocycles. The molecule has 1 nitrogen and oxygen atoms in total. The van der Waals surface area contributed by atoms with Crippen molar-refractivity contribution in [1.82, 2.24) is 0 Å². The van der Waals surface area contributed by atoms with E-state index in [-0.39, 0.29) is 12.8 Å².